The van der Waals surface area contributed by atoms with Crippen LogP contribution in [0.1, 0.15) is 36.6 Å². The van der Waals surface area contributed by atoms with Crippen LogP contribution in [0.5, 0.6) is 5.75 Å². The third-order valence-corrected chi connectivity index (χ3v) is 4.41. The molecule has 0 aliphatic heterocycles. The maximum absolute atomic E-state index is 12.5. The summed E-state index contributed by atoms with van der Waals surface area (Å²) in [5.74, 6) is 0.448. The van der Waals surface area contributed by atoms with Crippen molar-refractivity contribution in [3.8, 4) is 5.75 Å². The van der Waals surface area contributed by atoms with E-state index in [1.54, 1.807) is 24.3 Å². The smallest absolute Gasteiger partial charge is 0.244 e. The van der Waals surface area contributed by atoms with Crippen LogP contribution in [0, 0.1) is 6.92 Å². The number of hydrogen-bond donors (Lipinski definition) is 1. The molecule has 1 atom stereocenters. The van der Waals surface area contributed by atoms with Gasteiger partial charge in [-0.15, -0.1) is 0 Å². The van der Waals surface area contributed by atoms with Crippen molar-refractivity contribution in [2.24, 2.45) is 0 Å². The number of hydrogen-bond acceptors (Lipinski definition) is 4. The lowest BCUT2D eigenvalue weighted by molar-refractivity contribution is -0.117. The van der Waals surface area contributed by atoms with Gasteiger partial charge in [0.2, 0.25) is 5.91 Å². The minimum Gasteiger partial charge on any atom is -0.494 e. The van der Waals surface area contributed by atoms with Crippen molar-refractivity contribution in [1.82, 2.24) is 5.32 Å². The van der Waals surface area contributed by atoms with E-state index >= 15 is 0 Å². The van der Waals surface area contributed by atoms with Crippen molar-refractivity contribution in [2.45, 2.75) is 26.8 Å². The number of aryl methyl sites for hydroxylation is 1. The highest BCUT2D eigenvalue weighted by Crippen LogP contribution is 2.26. The van der Waals surface area contributed by atoms with E-state index in [-0.39, 0.29) is 17.4 Å². The molecule has 1 heterocycles. The molecule has 0 saturated carbocycles. The lowest BCUT2D eigenvalue weighted by atomic mass is 10.0. The van der Waals surface area contributed by atoms with E-state index in [0.29, 0.717) is 23.1 Å². The Kier molecular flexibility index (Phi) is 5.94. The average Bonchev–Trinajstić information content (AvgIpc) is 2.69. The van der Waals surface area contributed by atoms with E-state index < -0.39 is 0 Å². The minimum atomic E-state index is -0.302. The molecule has 0 fully saturated rings. The molecule has 5 nitrogen and oxygen atoms in total. The summed E-state index contributed by atoms with van der Waals surface area (Å²) < 4.78 is 11.1. The number of amides is 1. The van der Waals surface area contributed by atoms with Gasteiger partial charge < -0.3 is 14.5 Å². The quantitative estimate of drug-likeness (QED) is 0.647. The molecular weight excluding hydrogens is 354 g/mol. The predicted molar refractivity (Wildman–Crippen MR) is 110 cm³/mol. The fraction of sp³-hybridized carbons (Fsp3) is 0.217. The molecule has 144 valence electrons. The number of benzene rings is 2. The molecule has 1 amide bonds. The first kappa shape index (κ1) is 19.4. The Bertz CT molecular complexity index is 1080. The lowest BCUT2D eigenvalue weighted by Crippen LogP contribution is -2.25. The van der Waals surface area contributed by atoms with Gasteiger partial charge >= 0.3 is 0 Å². The summed E-state index contributed by atoms with van der Waals surface area (Å²) in [6.07, 6.45) is 4.18. The van der Waals surface area contributed by atoms with Crippen LogP contribution in [0.15, 0.2) is 64.0 Å². The van der Waals surface area contributed by atoms with E-state index in [2.05, 4.69) is 5.32 Å². The van der Waals surface area contributed by atoms with E-state index in [4.69, 9.17) is 9.15 Å². The van der Waals surface area contributed by atoms with Gasteiger partial charge in [-0.05, 0) is 45.0 Å². The molecule has 0 radical (unpaired) electrons. The van der Waals surface area contributed by atoms with E-state index in [9.17, 15) is 9.59 Å². The van der Waals surface area contributed by atoms with Crippen molar-refractivity contribution in [3.05, 3.63) is 81.7 Å². The highest BCUT2D eigenvalue weighted by atomic mass is 16.5. The van der Waals surface area contributed by atoms with Gasteiger partial charge in [0.05, 0.1) is 23.6 Å². The van der Waals surface area contributed by atoms with Crippen molar-refractivity contribution < 1.29 is 13.9 Å². The van der Waals surface area contributed by atoms with Crippen LogP contribution in [-0.4, -0.2) is 12.5 Å². The SMILES string of the molecule is CCOc1ccc(C)cc1C(C)NC(=O)/C=C/c1coc2ccccc2c1=O. The second-order valence-corrected chi connectivity index (χ2v) is 6.55. The summed E-state index contributed by atoms with van der Waals surface area (Å²) in [7, 11) is 0. The number of para-hydroxylation sites is 1. The Morgan fingerprint density at radius 1 is 1.25 bits per heavy atom. The third-order valence-electron chi connectivity index (χ3n) is 4.41. The van der Waals surface area contributed by atoms with Gasteiger partial charge in [0.15, 0.2) is 5.43 Å². The predicted octanol–water partition coefficient (Wildman–Crippen LogP) is 4.39. The zero-order chi connectivity index (χ0) is 20.1. The zero-order valence-corrected chi connectivity index (χ0v) is 16.2. The first-order valence-corrected chi connectivity index (χ1v) is 9.22. The number of rotatable bonds is 6. The van der Waals surface area contributed by atoms with Gasteiger partial charge in [-0.1, -0.05) is 29.8 Å². The summed E-state index contributed by atoms with van der Waals surface area (Å²) in [6.45, 7) is 6.36. The van der Waals surface area contributed by atoms with Crippen LogP contribution in [-0.2, 0) is 4.79 Å². The Hall–Kier alpha value is -3.34. The normalized spacial score (nSPS) is 12.2. The highest BCUT2D eigenvalue weighted by molar-refractivity contribution is 5.92. The average molecular weight is 377 g/mol. The second kappa shape index (κ2) is 8.57. The van der Waals surface area contributed by atoms with Crippen molar-refractivity contribution in [2.75, 3.05) is 6.61 Å². The second-order valence-electron chi connectivity index (χ2n) is 6.55. The van der Waals surface area contributed by atoms with Gasteiger partial charge in [0.1, 0.15) is 17.6 Å². The molecule has 0 spiro atoms. The number of ether oxygens (including phenoxy) is 1. The van der Waals surface area contributed by atoms with Crippen LogP contribution in [0.3, 0.4) is 0 Å². The standard InChI is InChI=1S/C23H23NO4/c1-4-27-21-11-9-15(2)13-19(21)16(3)24-22(25)12-10-17-14-28-20-8-6-5-7-18(20)23(17)26/h5-14,16H,4H2,1-3H3,(H,24,25)/b12-10+. The number of nitrogens with one attached hydrogen (secondary N) is 1. The van der Waals surface area contributed by atoms with Crippen molar-refractivity contribution in [1.29, 1.82) is 0 Å². The van der Waals surface area contributed by atoms with E-state index in [1.807, 2.05) is 39.0 Å². The number of fused-ring (bicyclic) bond motifs is 1. The zero-order valence-electron chi connectivity index (χ0n) is 16.2. The number of carbonyl (C=O) groups is 1. The Labute approximate surface area is 163 Å². The van der Waals surface area contributed by atoms with Crippen LogP contribution in [0.4, 0.5) is 0 Å². The molecule has 3 aromatic rings. The molecule has 1 aromatic heterocycles. The van der Waals surface area contributed by atoms with Crippen LogP contribution in [0.2, 0.25) is 0 Å². The fourth-order valence-corrected chi connectivity index (χ4v) is 3.01. The monoisotopic (exact) mass is 377 g/mol. The molecule has 0 aliphatic rings. The molecule has 0 bridgehead atoms. The first-order valence-electron chi connectivity index (χ1n) is 9.22. The lowest BCUT2D eigenvalue weighted by Gasteiger charge is -2.18. The van der Waals surface area contributed by atoms with Crippen LogP contribution < -0.4 is 15.5 Å². The van der Waals surface area contributed by atoms with E-state index in [1.165, 1.54) is 18.4 Å². The van der Waals surface area contributed by atoms with Crippen LogP contribution in [0.25, 0.3) is 17.0 Å². The molecule has 3 rings (SSSR count). The number of carbonyl (C=O) groups excluding carboxylic acids is 1. The maximum Gasteiger partial charge on any atom is 0.244 e. The van der Waals surface area contributed by atoms with Gasteiger partial charge in [-0.25, -0.2) is 0 Å². The topological polar surface area (TPSA) is 68.5 Å². The largest absolute Gasteiger partial charge is 0.494 e. The van der Waals surface area contributed by atoms with Gasteiger partial charge in [0, 0.05) is 11.6 Å². The molecule has 2 aromatic carbocycles. The molecular formula is C23H23NO4. The van der Waals surface area contributed by atoms with Crippen molar-refractivity contribution in [3.63, 3.8) is 0 Å². The molecule has 1 N–H and O–H groups in total. The highest BCUT2D eigenvalue weighted by Gasteiger charge is 2.14. The molecule has 0 aliphatic carbocycles. The fourth-order valence-electron chi connectivity index (χ4n) is 3.01. The maximum atomic E-state index is 12.5. The van der Waals surface area contributed by atoms with Crippen molar-refractivity contribution >= 4 is 23.0 Å². The Morgan fingerprint density at radius 3 is 2.82 bits per heavy atom. The molecule has 1 unspecified atom stereocenters. The Balaban J connectivity index is 1.76. The molecule has 28 heavy (non-hydrogen) atoms. The summed E-state index contributed by atoms with van der Waals surface area (Å²) in [5, 5.41) is 3.40. The third kappa shape index (κ3) is 4.31. The van der Waals surface area contributed by atoms with Gasteiger partial charge in [0.25, 0.3) is 0 Å². The van der Waals surface area contributed by atoms with Gasteiger partial charge in [-0.3, -0.25) is 9.59 Å². The summed E-state index contributed by atoms with van der Waals surface area (Å²) >= 11 is 0. The minimum absolute atomic E-state index is 0.170. The first-order chi connectivity index (χ1) is 13.5. The van der Waals surface area contributed by atoms with E-state index in [0.717, 1.165) is 16.9 Å². The van der Waals surface area contributed by atoms with Gasteiger partial charge in [-0.2, -0.15) is 0 Å². The Morgan fingerprint density at radius 2 is 2.04 bits per heavy atom. The summed E-state index contributed by atoms with van der Waals surface area (Å²) in [4.78, 5) is 24.8. The molecule has 5 heteroatoms. The summed E-state index contributed by atoms with van der Waals surface area (Å²) in [5.41, 5.74) is 2.67. The summed E-state index contributed by atoms with van der Waals surface area (Å²) in [6, 6.07) is 12.7. The van der Waals surface area contributed by atoms with Crippen LogP contribution >= 0.6 is 0 Å². The molecule has 0 saturated heterocycles.